The fourth-order valence-electron chi connectivity index (χ4n) is 3.22. The highest BCUT2D eigenvalue weighted by Gasteiger charge is 2.24. The highest BCUT2D eigenvalue weighted by molar-refractivity contribution is 9.10. The molecule has 1 aromatic heterocycles. The summed E-state index contributed by atoms with van der Waals surface area (Å²) in [6.45, 7) is 0. The number of carbonyl (C=O) groups excluding carboxylic acids is 1. The number of nitrogens with zero attached hydrogens (tertiary/aromatic N) is 1. The third kappa shape index (κ3) is 3.84. The van der Waals surface area contributed by atoms with E-state index in [1.54, 1.807) is 6.08 Å². The molecule has 0 saturated carbocycles. The molecule has 3 aromatic carbocycles. The Bertz CT molecular complexity index is 1320. The summed E-state index contributed by atoms with van der Waals surface area (Å²) in [5.41, 5.74) is 1.80. The quantitative estimate of drug-likeness (QED) is 0.334. The second kappa shape index (κ2) is 7.97. The van der Waals surface area contributed by atoms with Gasteiger partial charge < -0.3 is 9.73 Å². The molecule has 6 heteroatoms. The number of halogens is 1. The summed E-state index contributed by atoms with van der Waals surface area (Å²) < 4.78 is 6.92. The van der Waals surface area contributed by atoms with Gasteiger partial charge in [-0.1, -0.05) is 64.5 Å². The van der Waals surface area contributed by atoms with Crippen molar-refractivity contribution in [1.29, 1.82) is 0 Å². The first-order valence-electron chi connectivity index (χ1n) is 9.29. The van der Waals surface area contributed by atoms with Crippen molar-refractivity contribution in [3.63, 3.8) is 0 Å². The van der Waals surface area contributed by atoms with Crippen LogP contribution in [0.1, 0.15) is 5.76 Å². The molecule has 0 atom stereocenters. The second-order valence-corrected chi connectivity index (χ2v) is 8.64. The van der Waals surface area contributed by atoms with E-state index in [0.29, 0.717) is 15.8 Å². The lowest BCUT2D eigenvalue weighted by Crippen LogP contribution is -2.19. The van der Waals surface area contributed by atoms with E-state index in [1.807, 2.05) is 78.9 Å². The molecule has 30 heavy (non-hydrogen) atoms. The number of amides is 1. The van der Waals surface area contributed by atoms with E-state index in [0.717, 1.165) is 32.3 Å². The largest absolute Gasteiger partial charge is 0.457 e. The Hall–Kier alpha value is -3.09. The minimum absolute atomic E-state index is 0.180. The van der Waals surface area contributed by atoms with Gasteiger partial charge in [-0.25, -0.2) is 4.99 Å². The minimum Gasteiger partial charge on any atom is -0.457 e. The number of furan rings is 1. The second-order valence-electron chi connectivity index (χ2n) is 6.69. The molecule has 1 saturated heterocycles. The molecule has 4 nitrogen and oxygen atoms in total. The normalized spacial score (nSPS) is 16.5. The molecule has 0 radical (unpaired) electrons. The van der Waals surface area contributed by atoms with E-state index < -0.39 is 0 Å². The molecular weight excluding hydrogens is 460 g/mol. The van der Waals surface area contributed by atoms with Crippen LogP contribution >= 0.6 is 27.7 Å². The molecule has 0 spiro atoms. The van der Waals surface area contributed by atoms with Crippen molar-refractivity contribution >= 4 is 61.3 Å². The molecule has 1 amide bonds. The predicted molar refractivity (Wildman–Crippen MR) is 127 cm³/mol. The number of amidine groups is 1. The average molecular weight is 475 g/mol. The highest BCUT2D eigenvalue weighted by Crippen LogP contribution is 2.32. The lowest BCUT2D eigenvalue weighted by molar-refractivity contribution is -0.115. The number of carbonyl (C=O) groups is 1. The van der Waals surface area contributed by atoms with Gasteiger partial charge >= 0.3 is 0 Å². The van der Waals surface area contributed by atoms with Crippen molar-refractivity contribution in [3.05, 3.63) is 94.0 Å². The number of rotatable bonds is 3. The van der Waals surface area contributed by atoms with E-state index in [2.05, 4.69) is 26.2 Å². The molecule has 0 aliphatic carbocycles. The van der Waals surface area contributed by atoms with Gasteiger partial charge in [0.05, 0.1) is 10.6 Å². The van der Waals surface area contributed by atoms with Gasteiger partial charge in [0.25, 0.3) is 5.91 Å². The zero-order valence-electron chi connectivity index (χ0n) is 15.6. The van der Waals surface area contributed by atoms with Gasteiger partial charge in [-0.15, -0.1) is 0 Å². The van der Waals surface area contributed by atoms with Gasteiger partial charge in [-0.3, -0.25) is 4.79 Å². The maximum Gasteiger partial charge on any atom is 0.264 e. The molecule has 146 valence electrons. The molecule has 1 aliphatic rings. The van der Waals surface area contributed by atoms with E-state index in [1.165, 1.54) is 11.8 Å². The van der Waals surface area contributed by atoms with Crippen LogP contribution in [0.25, 0.3) is 28.2 Å². The summed E-state index contributed by atoms with van der Waals surface area (Å²) >= 11 is 4.74. The topological polar surface area (TPSA) is 54.6 Å². The summed E-state index contributed by atoms with van der Waals surface area (Å²) in [4.78, 5) is 17.6. The molecular formula is C24H15BrN2O2S. The van der Waals surface area contributed by atoms with Gasteiger partial charge in [0.2, 0.25) is 0 Å². The van der Waals surface area contributed by atoms with Crippen LogP contribution in [0, 0.1) is 0 Å². The smallest absolute Gasteiger partial charge is 0.264 e. The maximum absolute atomic E-state index is 12.4. The first kappa shape index (κ1) is 18.9. The summed E-state index contributed by atoms with van der Waals surface area (Å²) in [7, 11) is 0. The SMILES string of the molecule is O=C1NC(=Nc2cccc3ccccc23)SC1=Cc1ccc(-c2ccc(Br)cc2)o1. The van der Waals surface area contributed by atoms with E-state index in [4.69, 9.17) is 4.42 Å². The standard InChI is InChI=1S/C24H15BrN2O2S/c25-17-10-8-16(9-11-17)21-13-12-18(29-21)14-22-23(28)27-24(30-22)26-20-7-3-5-15-4-1-2-6-19(15)20/h1-14H,(H,26,27,28). The number of hydrogen-bond donors (Lipinski definition) is 1. The monoisotopic (exact) mass is 474 g/mol. The molecule has 1 aliphatic heterocycles. The molecule has 0 unspecified atom stereocenters. The van der Waals surface area contributed by atoms with Crippen molar-refractivity contribution in [2.75, 3.05) is 0 Å². The van der Waals surface area contributed by atoms with Crippen LogP contribution < -0.4 is 5.32 Å². The van der Waals surface area contributed by atoms with E-state index in [9.17, 15) is 4.79 Å². The van der Waals surface area contributed by atoms with Gasteiger partial charge in [-0.05, 0) is 47.5 Å². The zero-order chi connectivity index (χ0) is 20.5. The van der Waals surface area contributed by atoms with Gasteiger partial charge in [-0.2, -0.15) is 0 Å². The van der Waals surface area contributed by atoms with Crippen LogP contribution in [-0.2, 0) is 4.79 Å². The van der Waals surface area contributed by atoms with Crippen LogP contribution in [0.5, 0.6) is 0 Å². The summed E-state index contributed by atoms with van der Waals surface area (Å²) in [6, 6.07) is 25.7. The van der Waals surface area contributed by atoms with Crippen molar-refractivity contribution in [1.82, 2.24) is 5.32 Å². The Morgan fingerprint density at radius 3 is 2.60 bits per heavy atom. The van der Waals surface area contributed by atoms with Crippen LogP contribution in [0.15, 0.2) is 97.7 Å². The van der Waals surface area contributed by atoms with Crippen LogP contribution in [-0.4, -0.2) is 11.1 Å². The zero-order valence-corrected chi connectivity index (χ0v) is 18.0. The summed E-state index contributed by atoms with van der Waals surface area (Å²) in [6.07, 6.45) is 1.74. The molecule has 5 rings (SSSR count). The van der Waals surface area contributed by atoms with Crippen LogP contribution in [0.4, 0.5) is 5.69 Å². The number of nitrogens with one attached hydrogen (secondary N) is 1. The maximum atomic E-state index is 12.4. The summed E-state index contributed by atoms with van der Waals surface area (Å²) in [5.74, 6) is 1.19. The van der Waals surface area contributed by atoms with Gasteiger partial charge in [0.15, 0.2) is 5.17 Å². The number of fused-ring (bicyclic) bond motifs is 1. The number of aliphatic imine (C=N–C) groups is 1. The molecule has 1 fully saturated rings. The van der Waals surface area contributed by atoms with Crippen LogP contribution in [0.2, 0.25) is 0 Å². The first-order chi connectivity index (χ1) is 14.7. The Morgan fingerprint density at radius 1 is 0.933 bits per heavy atom. The molecule has 0 bridgehead atoms. The Balaban J connectivity index is 1.40. The van der Waals surface area contributed by atoms with E-state index in [-0.39, 0.29) is 5.91 Å². The highest BCUT2D eigenvalue weighted by atomic mass is 79.9. The van der Waals surface area contributed by atoms with Gasteiger partial charge in [0, 0.05) is 21.5 Å². The average Bonchev–Trinajstić information content (AvgIpc) is 3.36. The Kier molecular flexibility index (Phi) is 5.02. The fraction of sp³-hybridized carbons (Fsp3) is 0. The van der Waals surface area contributed by atoms with Crippen molar-refractivity contribution in [3.8, 4) is 11.3 Å². The Labute approximate surface area is 185 Å². The number of benzene rings is 3. The fourth-order valence-corrected chi connectivity index (χ4v) is 4.30. The van der Waals surface area contributed by atoms with E-state index >= 15 is 0 Å². The van der Waals surface area contributed by atoms with Gasteiger partial charge in [0.1, 0.15) is 11.5 Å². The Morgan fingerprint density at radius 2 is 1.73 bits per heavy atom. The third-order valence-corrected chi connectivity index (χ3v) is 6.11. The molecule has 2 heterocycles. The first-order valence-corrected chi connectivity index (χ1v) is 10.9. The lowest BCUT2D eigenvalue weighted by atomic mass is 10.1. The van der Waals surface area contributed by atoms with Crippen molar-refractivity contribution in [2.24, 2.45) is 4.99 Å². The predicted octanol–water partition coefficient (Wildman–Crippen LogP) is 6.75. The number of thioether (sulfide) groups is 1. The summed E-state index contributed by atoms with van der Waals surface area (Å²) in [5, 5.41) is 5.56. The van der Waals surface area contributed by atoms with Crippen LogP contribution in [0.3, 0.4) is 0 Å². The number of hydrogen-bond acceptors (Lipinski definition) is 4. The molecule has 1 N–H and O–H groups in total. The van der Waals surface area contributed by atoms with Crippen molar-refractivity contribution < 1.29 is 9.21 Å². The lowest BCUT2D eigenvalue weighted by Gasteiger charge is -2.02. The minimum atomic E-state index is -0.180. The third-order valence-electron chi connectivity index (χ3n) is 4.67. The van der Waals surface area contributed by atoms with Crippen molar-refractivity contribution in [2.45, 2.75) is 0 Å². The molecule has 4 aromatic rings.